The molecule has 1 aromatic rings. The van der Waals surface area contributed by atoms with Gasteiger partial charge in [0.25, 0.3) is 0 Å². The molecule has 0 unspecified atom stereocenters. The van der Waals surface area contributed by atoms with Crippen molar-refractivity contribution in [3.8, 4) is 5.75 Å². The first-order valence-electron chi connectivity index (χ1n) is 4.11. The van der Waals surface area contributed by atoms with Crippen molar-refractivity contribution in [2.45, 2.75) is 0 Å². The molecule has 1 rings (SSSR count). The molecular weight excluding hydrogens is 218 g/mol. The Kier molecular flexibility index (Phi) is 3.43. The van der Waals surface area contributed by atoms with E-state index in [1.54, 1.807) is 18.2 Å². The number of para-hydroxylation sites is 1. The lowest BCUT2D eigenvalue weighted by atomic mass is 10.1. The zero-order valence-electron chi connectivity index (χ0n) is 8.14. The summed E-state index contributed by atoms with van der Waals surface area (Å²) in [6, 6.07) is 6.38. The number of sulfonamides is 1. The Hall–Kier alpha value is -1.40. The first kappa shape index (κ1) is 11.7. The van der Waals surface area contributed by atoms with Crippen LogP contribution in [0.1, 0.15) is 10.4 Å². The van der Waals surface area contributed by atoms with Gasteiger partial charge in [-0.2, -0.15) is 0 Å². The van der Waals surface area contributed by atoms with Gasteiger partial charge in [0.15, 0.2) is 5.78 Å². The predicted octanol–water partition coefficient (Wildman–Crippen LogP) is 0.166. The van der Waals surface area contributed by atoms with Gasteiger partial charge in [0.1, 0.15) is 11.5 Å². The number of Topliss-reactive ketones (excluding diaryl/α,β-unsaturated/α-hetero) is 1. The van der Waals surface area contributed by atoms with Crippen LogP contribution in [-0.4, -0.2) is 27.1 Å². The van der Waals surface area contributed by atoms with E-state index in [2.05, 4.69) is 0 Å². The molecule has 82 valence electrons. The molecule has 0 saturated heterocycles. The number of nitrogens with two attached hydrogens (primary N) is 1. The molecule has 5 nitrogen and oxygen atoms in total. The highest BCUT2D eigenvalue weighted by atomic mass is 32.2. The summed E-state index contributed by atoms with van der Waals surface area (Å²) in [5.74, 6) is -0.950. The first-order chi connectivity index (χ1) is 6.94. The molecule has 0 aliphatic heterocycles. The second-order valence-corrected chi connectivity index (χ2v) is 4.55. The summed E-state index contributed by atoms with van der Waals surface area (Å²) < 4.78 is 26.4. The highest BCUT2D eigenvalue weighted by molar-refractivity contribution is 7.89. The van der Waals surface area contributed by atoms with Gasteiger partial charge in [0.05, 0.1) is 12.7 Å². The summed E-state index contributed by atoms with van der Waals surface area (Å²) in [6.07, 6.45) is 0. The molecule has 1 aromatic carbocycles. The minimum atomic E-state index is -3.80. The summed E-state index contributed by atoms with van der Waals surface area (Å²) in [6.45, 7) is 0. The van der Waals surface area contributed by atoms with Crippen LogP contribution >= 0.6 is 0 Å². The normalized spacial score (nSPS) is 11.1. The molecule has 0 fully saturated rings. The van der Waals surface area contributed by atoms with Crippen LogP contribution in [0.2, 0.25) is 0 Å². The van der Waals surface area contributed by atoms with Crippen LogP contribution < -0.4 is 9.88 Å². The molecule has 2 N–H and O–H groups in total. The number of ketones is 1. The minimum Gasteiger partial charge on any atom is -0.496 e. The van der Waals surface area contributed by atoms with E-state index in [-0.39, 0.29) is 5.56 Å². The molecule has 15 heavy (non-hydrogen) atoms. The second kappa shape index (κ2) is 4.41. The molecule has 0 aliphatic carbocycles. The molecule has 0 atom stereocenters. The quantitative estimate of drug-likeness (QED) is 0.745. The van der Waals surface area contributed by atoms with E-state index in [4.69, 9.17) is 9.88 Å². The Bertz CT molecular complexity index is 467. The van der Waals surface area contributed by atoms with Crippen molar-refractivity contribution in [1.82, 2.24) is 0 Å². The van der Waals surface area contributed by atoms with E-state index < -0.39 is 21.6 Å². The Labute approximate surface area is 87.9 Å². The molecule has 0 bridgehead atoms. The third-order valence-electron chi connectivity index (χ3n) is 1.74. The first-order valence-corrected chi connectivity index (χ1v) is 5.82. The number of carbonyl (C=O) groups excluding carboxylic acids is 1. The average Bonchev–Trinajstić information content (AvgIpc) is 2.15. The maximum Gasteiger partial charge on any atom is 0.216 e. The van der Waals surface area contributed by atoms with E-state index in [1.807, 2.05) is 0 Å². The number of rotatable bonds is 4. The van der Waals surface area contributed by atoms with Crippen LogP contribution in [0.25, 0.3) is 0 Å². The number of methoxy groups -OCH3 is 1. The second-order valence-electron chi connectivity index (χ2n) is 2.93. The van der Waals surface area contributed by atoms with Gasteiger partial charge >= 0.3 is 0 Å². The van der Waals surface area contributed by atoms with Crippen molar-refractivity contribution in [3.05, 3.63) is 29.8 Å². The SMILES string of the molecule is COc1ccccc1C(=O)CS(N)(=O)=O. The maximum atomic E-state index is 11.5. The Morgan fingerprint density at radius 2 is 2.00 bits per heavy atom. The summed E-state index contributed by atoms with van der Waals surface area (Å²) in [5, 5.41) is 4.78. The van der Waals surface area contributed by atoms with E-state index >= 15 is 0 Å². The summed E-state index contributed by atoms with van der Waals surface area (Å²) in [4.78, 5) is 11.5. The van der Waals surface area contributed by atoms with Gasteiger partial charge in [-0.1, -0.05) is 12.1 Å². The zero-order valence-corrected chi connectivity index (χ0v) is 8.95. The van der Waals surface area contributed by atoms with Gasteiger partial charge in [0, 0.05) is 0 Å². The Morgan fingerprint density at radius 1 is 1.40 bits per heavy atom. The number of benzene rings is 1. The molecule has 0 radical (unpaired) electrons. The van der Waals surface area contributed by atoms with E-state index in [0.29, 0.717) is 5.75 Å². The number of ether oxygens (including phenoxy) is 1. The van der Waals surface area contributed by atoms with E-state index in [0.717, 1.165) is 0 Å². The lowest BCUT2D eigenvalue weighted by Crippen LogP contribution is -2.23. The Morgan fingerprint density at radius 3 is 2.53 bits per heavy atom. The van der Waals surface area contributed by atoms with Gasteiger partial charge < -0.3 is 4.74 Å². The molecule has 0 aromatic heterocycles. The number of primary sulfonamides is 1. The fourth-order valence-electron chi connectivity index (χ4n) is 1.14. The molecule has 0 aliphatic rings. The maximum absolute atomic E-state index is 11.5. The molecular formula is C9H11NO4S. The third-order valence-corrected chi connectivity index (χ3v) is 2.40. The van der Waals surface area contributed by atoms with E-state index in [1.165, 1.54) is 13.2 Å². The highest BCUT2D eigenvalue weighted by Crippen LogP contribution is 2.17. The fraction of sp³-hybridized carbons (Fsp3) is 0.222. The molecule has 0 saturated carbocycles. The van der Waals surface area contributed by atoms with Crippen molar-refractivity contribution in [2.75, 3.05) is 12.9 Å². The molecule has 6 heteroatoms. The Balaban J connectivity index is 3.01. The minimum absolute atomic E-state index is 0.217. The number of carbonyl (C=O) groups is 1. The van der Waals surface area contributed by atoms with Crippen molar-refractivity contribution in [3.63, 3.8) is 0 Å². The van der Waals surface area contributed by atoms with Crippen LogP contribution in [0.4, 0.5) is 0 Å². The predicted molar refractivity (Wildman–Crippen MR) is 55.3 cm³/mol. The summed E-state index contributed by atoms with van der Waals surface area (Å²) in [5.41, 5.74) is 0.217. The standard InChI is InChI=1S/C9H11NO4S/c1-14-9-5-3-2-4-7(9)8(11)6-15(10,12)13/h2-5H,6H2,1H3,(H2,10,12,13). The van der Waals surface area contributed by atoms with Crippen molar-refractivity contribution in [1.29, 1.82) is 0 Å². The van der Waals surface area contributed by atoms with Crippen LogP contribution in [0.3, 0.4) is 0 Å². The lowest BCUT2D eigenvalue weighted by molar-refractivity contribution is 0.101. The summed E-state index contributed by atoms with van der Waals surface area (Å²) >= 11 is 0. The van der Waals surface area contributed by atoms with Gasteiger partial charge in [-0.05, 0) is 12.1 Å². The fourth-order valence-corrected chi connectivity index (χ4v) is 1.66. The van der Waals surface area contributed by atoms with Crippen LogP contribution in [0, 0.1) is 0 Å². The van der Waals surface area contributed by atoms with Crippen LogP contribution in [0.5, 0.6) is 5.75 Å². The number of hydrogen-bond donors (Lipinski definition) is 1. The van der Waals surface area contributed by atoms with Crippen LogP contribution in [-0.2, 0) is 10.0 Å². The molecule has 0 amide bonds. The topological polar surface area (TPSA) is 86.5 Å². The smallest absolute Gasteiger partial charge is 0.216 e. The lowest BCUT2D eigenvalue weighted by Gasteiger charge is -2.05. The summed E-state index contributed by atoms with van der Waals surface area (Å²) in [7, 11) is -2.40. The molecule has 0 heterocycles. The van der Waals surface area contributed by atoms with Crippen molar-refractivity contribution >= 4 is 15.8 Å². The van der Waals surface area contributed by atoms with Gasteiger partial charge in [0.2, 0.25) is 10.0 Å². The zero-order chi connectivity index (χ0) is 11.5. The van der Waals surface area contributed by atoms with Gasteiger partial charge in [-0.15, -0.1) is 0 Å². The number of hydrogen-bond acceptors (Lipinski definition) is 4. The van der Waals surface area contributed by atoms with Crippen molar-refractivity contribution in [2.24, 2.45) is 5.14 Å². The largest absolute Gasteiger partial charge is 0.496 e. The molecule has 0 spiro atoms. The average molecular weight is 229 g/mol. The van der Waals surface area contributed by atoms with Gasteiger partial charge in [-0.25, -0.2) is 13.6 Å². The van der Waals surface area contributed by atoms with Crippen molar-refractivity contribution < 1.29 is 17.9 Å². The van der Waals surface area contributed by atoms with Crippen LogP contribution in [0.15, 0.2) is 24.3 Å². The van der Waals surface area contributed by atoms with E-state index in [9.17, 15) is 13.2 Å². The monoisotopic (exact) mass is 229 g/mol. The third kappa shape index (κ3) is 3.34. The highest BCUT2D eigenvalue weighted by Gasteiger charge is 2.16. The van der Waals surface area contributed by atoms with Gasteiger partial charge in [-0.3, -0.25) is 4.79 Å².